The highest BCUT2D eigenvalue weighted by atomic mass is 32.1. The van der Waals surface area contributed by atoms with E-state index in [-0.39, 0.29) is 5.12 Å². The summed E-state index contributed by atoms with van der Waals surface area (Å²) < 4.78 is 21.1. The number of thiol groups is 1. The van der Waals surface area contributed by atoms with Gasteiger partial charge in [-0.05, 0) is 0 Å². The van der Waals surface area contributed by atoms with Crippen molar-refractivity contribution in [2.24, 2.45) is 0 Å². The number of carboxylic acid groups (broad SMARTS) is 1. The Morgan fingerprint density at radius 2 is 1.60 bits per heavy atom. The maximum atomic E-state index is 10.6. The van der Waals surface area contributed by atoms with E-state index in [0.717, 1.165) is 0 Å². The molecule has 0 atom stereocenters. The average molecular weight is 172 g/mol. The molecule has 0 aromatic rings. The van der Waals surface area contributed by atoms with Crippen molar-refractivity contribution >= 4 is 23.7 Å². The van der Waals surface area contributed by atoms with Crippen molar-refractivity contribution in [3.63, 3.8) is 0 Å². The van der Waals surface area contributed by atoms with Gasteiger partial charge in [-0.25, -0.2) is 4.79 Å². The lowest BCUT2D eigenvalue weighted by molar-refractivity contribution is -0.149. The third kappa shape index (κ3) is 26.4. The third-order valence-electron chi connectivity index (χ3n) is 0.187. The van der Waals surface area contributed by atoms with Crippen molar-refractivity contribution in [2.75, 3.05) is 0 Å². The lowest BCUT2D eigenvalue weighted by atomic mass is 10.7. The molecule has 1 N–H and O–H groups in total. The zero-order valence-electron chi connectivity index (χ0n) is 5.04. The maximum absolute atomic E-state index is 10.6. The number of hydrogen-bond acceptors (Lipinski definition) is 2. The van der Waals surface area contributed by atoms with Crippen LogP contribution < -0.4 is 0 Å². The molecule has 0 saturated carbocycles. The van der Waals surface area contributed by atoms with Crippen molar-refractivity contribution in [3.8, 4) is 0 Å². The molecule has 10 heavy (non-hydrogen) atoms. The van der Waals surface area contributed by atoms with Crippen molar-refractivity contribution in [2.45, 2.75) is 13.3 Å². The summed E-state index contributed by atoms with van der Waals surface area (Å²) in [5.41, 5.74) is 0. The van der Waals surface area contributed by atoms with Gasteiger partial charge in [-0.2, -0.15) is 8.78 Å². The minimum atomic E-state index is -3.23. The molecule has 0 aliphatic rings. The van der Waals surface area contributed by atoms with Gasteiger partial charge in [-0.15, -0.1) is 12.6 Å². The van der Waals surface area contributed by atoms with Crippen LogP contribution >= 0.6 is 12.6 Å². The largest absolute Gasteiger partial charge is 0.477 e. The first-order valence-electron chi connectivity index (χ1n) is 2.08. The van der Waals surface area contributed by atoms with Crippen LogP contribution in [0.15, 0.2) is 0 Å². The van der Waals surface area contributed by atoms with Gasteiger partial charge in [0.05, 0.1) is 0 Å². The molecule has 0 aliphatic heterocycles. The van der Waals surface area contributed by atoms with Gasteiger partial charge in [0.2, 0.25) is 0 Å². The predicted octanol–water partition coefficient (Wildman–Crippen LogP) is 0.799. The van der Waals surface area contributed by atoms with Crippen molar-refractivity contribution in [1.29, 1.82) is 0 Å². The quantitative estimate of drug-likeness (QED) is 0.575. The van der Waals surface area contributed by atoms with E-state index < -0.39 is 12.4 Å². The van der Waals surface area contributed by atoms with E-state index in [1.165, 1.54) is 6.92 Å². The maximum Gasteiger partial charge on any atom is 0.371 e. The van der Waals surface area contributed by atoms with Crippen LogP contribution in [0.5, 0.6) is 0 Å². The van der Waals surface area contributed by atoms with Gasteiger partial charge in [0, 0.05) is 6.92 Å². The van der Waals surface area contributed by atoms with Gasteiger partial charge in [-0.3, -0.25) is 4.79 Å². The Morgan fingerprint density at radius 3 is 1.60 bits per heavy atom. The van der Waals surface area contributed by atoms with E-state index in [4.69, 9.17) is 9.90 Å². The van der Waals surface area contributed by atoms with E-state index in [1.807, 2.05) is 0 Å². The Labute approximate surface area is 61.4 Å². The van der Waals surface area contributed by atoms with Gasteiger partial charge in [0.25, 0.3) is 0 Å². The topological polar surface area (TPSA) is 54.4 Å². The zero-order chi connectivity index (χ0) is 8.73. The van der Waals surface area contributed by atoms with Crippen LogP contribution in [0.4, 0.5) is 8.78 Å². The van der Waals surface area contributed by atoms with Gasteiger partial charge in [0.15, 0.2) is 5.12 Å². The second-order valence-corrected chi connectivity index (χ2v) is 1.79. The second kappa shape index (κ2) is 6.47. The van der Waals surface area contributed by atoms with Crippen LogP contribution in [0, 0.1) is 0 Å². The Bertz CT molecular complexity index is 122. The number of carboxylic acids is 1. The molecular weight excluding hydrogens is 166 g/mol. The van der Waals surface area contributed by atoms with Crippen LogP contribution in [0.1, 0.15) is 6.92 Å². The normalized spacial score (nSPS) is 8.10. The molecule has 3 nitrogen and oxygen atoms in total. The summed E-state index contributed by atoms with van der Waals surface area (Å²) >= 11 is 3.33. The van der Waals surface area contributed by atoms with E-state index in [2.05, 4.69) is 12.6 Å². The number of alkyl halides is 2. The Balaban J connectivity index is 0. The first-order valence-corrected chi connectivity index (χ1v) is 2.53. The molecule has 0 fully saturated rings. The molecule has 0 aromatic carbocycles. The summed E-state index contributed by atoms with van der Waals surface area (Å²) in [7, 11) is 0. The number of aliphatic carboxylic acids is 1. The predicted molar refractivity (Wildman–Crippen MR) is 33.3 cm³/mol. The van der Waals surface area contributed by atoms with Crippen LogP contribution in [0.25, 0.3) is 0 Å². The Morgan fingerprint density at radius 1 is 1.50 bits per heavy atom. The van der Waals surface area contributed by atoms with Gasteiger partial charge < -0.3 is 5.11 Å². The molecule has 0 amide bonds. The second-order valence-electron chi connectivity index (χ2n) is 1.16. The molecule has 0 saturated heterocycles. The van der Waals surface area contributed by atoms with E-state index >= 15 is 0 Å². The molecule has 0 spiro atoms. The smallest absolute Gasteiger partial charge is 0.371 e. The first-order chi connectivity index (χ1) is 4.37. The monoisotopic (exact) mass is 172 g/mol. The lowest BCUT2D eigenvalue weighted by Crippen LogP contribution is -2.06. The van der Waals surface area contributed by atoms with Crippen LogP contribution in [0.2, 0.25) is 0 Å². The van der Waals surface area contributed by atoms with Crippen LogP contribution in [0.3, 0.4) is 0 Å². The highest BCUT2D eigenvalue weighted by Gasteiger charge is 2.10. The highest BCUT2D eigenvalue weighted by molar-refractivity contribution is 7.96. The van der Waals surface area contributed by atoms with Crippen molar-refractivity contribution < 1.29 is 23.5 Å². The molecule has 0 aliphatic carbocycles. The number of carbonyl (C=O) groups is 2. The third-order valence-corrected chi connectivity index (χ3v) is 0.187. The number of hydrogen-bond donors (Lipinski definition) is 2. The van der Waals surface area contributed by atoms with Crippen LogP contribution in [-0.4, -0.2) is 22.6 Å². The van der Waals surface area contributed by atoms with Gasteiger partial charge in [-0.1, -0.05) is 0 Å². The van der Waals surface area contributed by atoms with Crippen LogP contribution in [-0.2, 0) is 9.59 Å². The summed E-state index contributed by atoms with van der Waals surface area (Å²) in [6, 6.07) is 0. The minimum Gasteiger partial charge on any atom is -0.477 e. The fraction of sp³-hybridized carbons (Fsp3) is 0.500. The standard InChI is InChI=1S/C2H2F2O2.C2H4OS/c3-1(4)2(5)6;1-2(3)4/h1H,(H,5,6);1H3,(H,3,4). The minimum absolute atomic E-state index is 0.139. The summed E-state index contributed by atoms with van der Waals surface area (Å²) in [5.74, 6) is -2.07. The molecule has 0 heterocycles. The molecule has 0 rings (SSSR count). The van der Waals surface area contributed by atoms with Crippen molar-refractivity contribution in [3.05, 3.63) is 0 Å². The number of carbonyl (C=O) groups excluding carboxylic acids is 1. The Kier molecular flexibility index (Phi) is 7.81. The fourth-order valence-electron chi connectivity index (χ4n) is 0. The zero-order valence-corrected chi connectivity index (χ0v) is 5.94. The van der Waals surface area contributed by atoms with E-state index in [9.17, 15) is 13.6 Å². The molecular formula is C4H6F2O3S. The summed E-state index contributed by atoms with van der Waals surface area (Å²) in [5, 5.41) is 7.10. The fourth-order valence-corrected chi connectivity index (χ4v) is 0. The van der Waals surface area contributed by atoms with E-state index in [1.54, 1.807) is 0 Å². The molecule has 0 radical (unpaired) electrons. The molecule has 60 valence electrons. The highest BCUT2D eigenvalue weighted by Crippen LogP contribution is 1.87. The van der Waals surface area contributed by atoms with E-state index in [0.29, 0.717) is 0 Å². The first kappa shape index (κ1) is 12.1. The lowest BCUT2D eigenvalue weighted by Gasteiger charge is -1.81. The molecule has 0 bridgehead atoms. The van der Waals surface area contributed by atoms with Gasteiger partial charge in [0.1, 0.15) is 0 Å². The summed E-state index contributed by atoms with van der Waals surface area (Å²) in [4.78, 5) is 18.3. The SMILES string of the molecule is CC(=O)S.O=C(O)C(F)F. The van der Waals surface area contributed by atoms with Gasteiger partial charge >= 0.3 is 12.4 Å². The summed E-state index contributed by atoms with van der Waals surface area (Å²) in [6.07, 6.45) is -3.23. The van der Waals surface area contributed by atoms with Crippen molar-refractivity contribution in [1.82, 2.24) is 0 Å². The molecule has 0 unspecified atom stereocenters. The number of rotatable bonds is 1. The summed E-state index contributed by atoms with van der Waals surface area (Å²) in [6.45, 7) is 1.39. The molecule has 0 aromatic heterocycles. The average Bonchev–Trinajstić information content (AvgIpc) is 1.63. The number of halogens is 2. The Hall–Kier alpha value is -0.650. The molecule has 6 heteroatoms.